The monoisotopic (exact) mass is 255 g/mol. The molecule has 1 atom stereocenters. The predicted molar refractivity (Wildman–Crippen MR) is 66.3 cm³/mol. The van der Waals surface area contributed by atoms with Gasteiger partial charge >= 0.3 is 0 Å². The molecule has 1 aliphatic rings. The molecular formula is C12H17NO3S. The minimum atomic E-state index is -3.24. The molecule has 0 aliphatic carbocycles. The minimum Gasteiger partial charge on any atom is -0.495 e. The maximum absolute atomic E-state index is 11.7. The molecule has 5 heteroatoms. The van der Waals surface area contributed by atoms with E-state index in [0.717, 1.165) is 25.1 Å². The second-order valence-electron chi connectivity index (χ2n) is 4.37. The lowest BCUT2D eigenvalue weighted by Gasteiger charge is -2.13. The third kappa shape index (κ3) is 2.61. The van der Waals surface area contributed by atoms with Crippen molar-refractivity contribution in [2.45, 2.75) is 17.2 Å². The van der Waals surface area contributed by atoms with E-state index in [1.165, 1.54) is 13.4 Å². The molecule has 1 heterocycles. The van der Waals surface area contributed by atoms with E-state index in [9.17, 15) is 8.42 Å². The Hall–Kier alpha value is -1.07. The molecule has 0 saturated carbocycles. The number of hydrogen-bond donors (Lipinski definition) is 1. The Bertz CT molecular complexity index is 504. The summed E-state index contributed by atoms with van der Waals surface area (Å²) in [7, 11) is -1.76. The molecule has 94 valence electrons. The number of methoxy groups -OCH3 is 1. The van der Waals surface area contributed by atoms with Gasteiger partial charge in [-0.2, -0.15) is 0 Å². The summed E-state index contributed by atoms with van der Waals surface area (Å²) in [5.41, 5.74) is 1.07. The molecule has 1 aromatic carbocycles. The first-order chi connectivity index (χ1) is 8.02. The van der Waals surface area contributed by atoms with Crippen LogP contribution in [0.3, 0.4) is 0 Å². The lowest BCUT2D eigenvalue weighted by Crippen LogP contribution is -2.09. The van der Waals surface area contributed by atoms with E-state index < -0.39 is 9.84 Å². The number of hydrogen-bond acceptors (Lipinski definition) is 4. The number of nitrogens with one attached hydrogen (secondary N) is 1. The van der Waals surface area contributed by atoms with Crippen molar-refractivity contribution < 1.29 is 13.2 Å². The van der Waals surface area contributed by atoms with Crippen molar-refractivity contribution in [3.8, 4) is 5.75 Å². The van der Waals surface area contributed by atoms with Gasteiger partial charge in [-0.05, 0) is 36.6 Å². The Morgan fingerprint density at radius 3 is 2.71 bits per heavy atom. The fourth-order valence-corrected chi connectivity index (χ4v) is 3.04. The average molecular weight is 255 g/mol. The summed E-state index contributed by atoms with van der Waals surface area (Å²) >= 11 is 0. The maximum atomic E-state index is 11.7. The van der Waals surface area contributed by atoms with Gasteiger partial charge in [0, 0.05) is 12.8 Å². The molecule has 0 radical (unpaired) electrons. The van der Waals surface area contributed by atoms with Gasteiger partial charge in [0.2, 0.25) is 0 Å². The van der Waals surface area contributed by atoms with Crippen molar-refractivity contribution in [3.05, 3.63) is 23.8 Å². The predicted octanol–water partition coefficient (Wildman–Crippen LogP) is 1.18. The van der Waals surface area contributed by atoms with Crippen molar-refractivity contribution in [3.63, 3.8) is 0 Å². The SMILES string of the molecule is COc1ccc(C2CCNC2)cc1S(C)(=O)=O. The van der Waals surface area contributed by atoms with Gasteiger partial charge in [0.1, 0.15) is 10.6 Å². The van der Waals surface area contributed by atoms with Crippen LogP contribution in [0.2, 0.25) is 0 Å². The topological polar surface area (TPSA) is 55.4 Å². The van der Waals surface area contributed by atoms with Crippen LogP contribution in [0.4, 0.5) is 0 Å². The smallest absolute Gasteiger partial charge is 0.179 e. The second-order valence-corrected chi connectivity index (χ2v) is 6.36. The lowest BCUT2D eigenvalue weighted by atomic mass is 9.98. The molecular weight excluding hydrogens is 238 g/mol. The highest BCUT2D eigenvalue weighted by Crippen LogP contribution is 2.30. The summed E-state index contributed by atoms with van der Waals surface area (Å²) in [4.78, 5) is 0.282. The van der Waals surface area contributed by atoms with E-state index >= 15 is 0 Å². The van der Waals surface area contributed by atoms with Gasteiger partial charge in [-0.1, -0.05) is 6.07 Å². The lowest BCUT2D eigenvalue weighted by molar-refractivity contribution is 0.402. The first-order valence-electron chi connectivity index (χ1n) is 5.61. The fraction of sp³-hybridized carbons (Fsp3) is 0.500. The zero-order valence-electron chi connectivity index (χ0n) is 10.1. The normalized spacial score (nSPS) is 20.5. The second kappa shape index (κ2) is 4.66. The quantitative estimate of drug-likeness (QED) is 0.881. The third-order valence-electron chi connectivity index (χ3n) is 3.12. The summed E-state index contributed by atoms with van der Waals surface area (Å²) in [6.45, 7) is 1.90. The Morgan fingerprint density at radius 1 is 1.41 bits per heavy atom. The van der Waals surface area contributed by atoms with Crippen LogP contribution in [-0.4, -0.2) is 34.9 Å². The average Bonchev–Trinajstić information content (AvgIpc) is 2.80. The molecule has 0 aromatic heterocycles. The molecule has 1 saturated heterocycles. The van der Waals surface area contributed by atoms with Crippen LogP contribution < -0.4 is 10.1 Å². The van der Waals surface area contributed by atoms with Crippen LogP contribution in [-0.2, 0) is 9.84 Å². The standard InChI is InChI=1S/C12H17NO3S/c1-16-11-4-3-9(10-5-6-13-8-10)7-12(11)17(2,14)15/h3-4,7,10,13H,5-6,8H2,1-2H3. The highest BCUT2D eigenvalue weighted by molar-refractivity contribution is 7.90. The molecule has 4 nitrogen and oxygen atoms in total. The van der Waals surface area contributed by atoms with Crippen molar-refractivity contribution >= 4 is 9.84 Å². The van der Waals surface area contributed by atoms with E-state index in [2.05, 4.69) is 5.32 Å². The van der Waals surface area contributed by atoms with Crippen LogP contribution in [0.25, 0.3) is 0 Å². The molecule has 0 bridgehead atoms. The van der Waals surface area contributed by atoms with Crippen LogP contribution >= 0.6 is 0 Å². The molecule has 1 unspecified atom stereocenters. The van der Waals surface area contributed by atoms with Gasteiger partial charge in [-0.25, -0.2) is 8.42 Å². The molecule has 2 rings (SSSR count). The molecule has 0 amide bonds. The number of ether oxygens (including phenoxy) is 1. The Labute approximate surface area is 102 Å². The number of rotatable bonds is 3. The molecule has 1 N–H and O–H groups in total. The van der Waals surface area contributed by atoms with E-state index in [1.807, 2.05) is 6.07 Å². The summed E-state index contributed by atoms with van der Waals surface area (Å²) < 4.78 is 28.5. The van der Waals surface area contributed by atoms with Gasteiger partial charge in [0.05, 0.1) is 7.11 Å². The largest absolute Gasteiger partial charge is 0.495 e. The van der Waals surface area contributed by atoms with Crippen molar-refractivity contribution in [1.29, 1.82) is 0 Å². The van der Waals surface area contributed by atoms with Crippen molar-refractivity contribution in [2.24, 2.45) is 0 Å². The minimum absolute atomic E-state index is 0.282. The van der Waals surface area contributed by atoms with Gasteiger partial charge < -0.3 is 10.1 Å². The fourth-order valence-electron chi connectivity index (χ4n) is 2.18. The first kappa shape index (κ1) is 12.4. The Morgan fingerprint density at radius 2 is 2.18 bits per heavy atom. The highest BCUT2D eigenvalue weighted by Gasteiger charge is 2.21. The van der Waals surface area contributed by atoms with E-state index in [4.69, 9.17) is 4.74 Å². The highest BCUT2D eigenvalue weighted by atomic mass is 32.2. The summed E-state index contributed by atoms with van der Waals surface area (Å²) in [6, 6.07) is 5.43. The maximum Gasteiger partial charge on any atom is 0.179 e. The number of benzene rings is 1. The molecule has 17 heavy (non-hydrogen) atoms. The summed E-state index contributed by atoms with van der Waals surface area (Å²) in [6.07, 6.45) is 2.26. The van der Waals surface area contributed by atoms with Crippen LogP contribution in [0.5, 0.6) is 5.75 Å². The molecule has 1 aliphatic heterocycles. The van der Waals surface area contributed by atoms with Crippen LogP contribution in [0.15, 0.2) is 23.1 Å². The van der Waals surface area contributed by atoms with Crippen LogP contribution in [0, 0.1) is 0 Å². The summed E-state index contributed by atoms with van der Waals surface area (Å²) in [5.74, 6) is 0.823. The first-order valence-corrected chi connectivity index (χ1v) is 7.50. The van der Waals surface area contributed by atoms with E-state index in [1.54, 1.807) is 12.1 Å². The van der Waals surface area contributed by atoms with E-state index in [-0.39, 0.29) is 4.90 Å². The zero-order chi connectivity index (χ0) is 12.5. The molecule has 1 fully saturated rings. The summed E-state index contributed by atoms with van der Waals surface area (Å²) in [5, 5.41) is 3.28. The molecule has 0 spiro atoms. The van der Waals surface area contributed by atoms with Gasteiger partial charge in [0.25, 0.3) is 0 Å². The molecule has 1 aromatic rings. The van der Waals surface area contributed by atoms with Gasteiger partial charge in [-0.15, -0.1) is 0 Å². The van der Waals surface area contributed by atoms with Crippen LogP contribution in [0.1, 0.15) is 17.9 Å². The van der Waals surface area contributed by atoms with Gasteiger partial charge in [-0.3, -0.25) is 0 Å². The van der Waals surface area contributed by atoms with Gasteiger partial charge in [0.15, 0.2) is 9.84 Å². The Balaban J connectivity index is 2.44. The zero-order valence-corrected chi connectivity index (χ0v) is 10.9. The van der Waals surface area contributed by atoms with Crippen molar-refractivity contribution in [1.82, 2.24) is 5.32 Å². The van der Waals surface area contributed by atoms with Crippen molar-refractivity contribution in [2.75, 3.05) is 26.5 Å². The third-order valence-corrected chi connectivity index (χ3v) is 4.24. The van der Waals surface area contributed by atoms with E-state index in [0.29, 0.717) is 11.7 Å². The Kier molecular flexibility index (Phi) is 3.40. The number of sulfone groups is 1.